The van der Waals surface area contributed by atoms with Crippen LogP contribution < -0.4 is 10.1 Å². The van der Waals surface area contributed by atoms with Crippen molar-refractivity contribution in [2.45, 2.75) is 19.6 Å². The molecule has 1 atom stereocenters. The SMILES string of the molecule is Cc1[nH]nc2cccc(OCC(O)CNCc3ccn(C)n3)c12. The van der Waals surface area contributed by atoms with E-state index < -0.39 is 6.10 Å². The van der Waals surface area contributed by atoms with Crippen LogP contribution >= 0.6 is 0 Å². The van der Waals surface area contributed by atoms with Crippen molar-refractivity contribution in [3.63, 3.8) is 0 Å². The van der Waals surface area contributed by atoms with Crippen molar-refractivity contribution in [3.05, 3.63) is 41.9 Å². The fourth-order valence-electron chi connectivity index (χ4n) is 2.48. The van der Waals surface area contributed by atoms with E-state index in [4.69, 9.17) is 4.74 Å². The van der Waals surface area contributed by atoms with Gasteiger partial charge < -0.3 is 15.2 Å². The second-order valence-electron chi connectivity index (χ2n) is 5.58. The topological polar surface area (TPSA) is 88.0 Å². The van der Waals surface area contributed by atoms with Gasteiger partial charge >= 0.3 is 0 Å². The zero-order valence-corrected chi connectivity index (χ0v) is 13.3. The standard InChI is InChI=1S/C16H21N5O2/c1-11-16-14(19-18-11)4-3-5-15(16)23-10-13(22)9-17-8-12-6-7-21(2)20-12/h3-7,13,17,22H,8-10H2,1-2H3,(H,18,19). The minimum absolute atomic E-state index is 0.221. The first-order chi connectivity index (χ1) is 11.1. The Hall–Kier alpha value is -2.38. The van der Waals surface area contributed by atoms with Gasteiger partial charge in [0.05, 0.1) is 16.6 Å². The summed E-state index contributed by atoms with van der Waals surface area (Å²) < 4.78 is 7.51. The smallest absolute Gasteiger partial charge is 0.130 e. The Labute approximate surface area is 134 Å². The van der Waals surface area contributed by atoms with Crippen molar-refractivity contribution in [1.82, 2.24) is 25.3 Å². The lowest BCUT2D eigenvalue weighted by atomic mass is 10.2. The Morgan fingerprint density at radius 3 is 3.04 bits per heavy atom. The van der Waals surface area contributed by atoms with Gasteiger partial charge in [-0.25, -0.2) is 0 Å². The summed E-state index contributed by atoms with van der Waals surface area (Å²) in [5, 5.41) is 25.6. The molecule has 0 spiro atoms. The average molecular weight is 315 g/mol. The number of H-pyrrole nitrogens is 1. The van der Waals surface area contributed by atoms with E-state index >= 15 is 0 Å². The number of nitrogens with one attached hydrogen (secondary N) is 2. The van der Waals surface area contributed by atoms with Gasteiger partial charge in [-0.1, -0.05) is 6.07 Å². The van der Waals surface area contributed by atoms with E-state index in [0.29, 0.717) is 13.1 Å². The lowest BCUT2D eigenvalue weighted by Crippen LogP contribution is -2.31. The summed E-state index contributed by atoms with van der Waals surface area (Å²) in [4.78, 5) is 0. The largest absolute Gasteiger partial charge is 0.490 e. The number of benzene rings is 1. The molecule has 0 saturated heterocycles. The molecule has 3 aromatic rings. The van der Waals surface area contributed by atoms with Crippen LogP contribution in [0.5, 0.6) is 5.75 Å². The number of aliphatic hydroxyl groups is 1. The van der Waals surface area contributed by atoms with Crippen LogP contribution in [-0.2, 0) is 13.6 Å². The molecule has 3 N–H and O–H groups in total. The Bertz CT molecular complexity index is 780. The normalized spacial score (nSPS) is 12.7. The Balaban J connectivity index is 1.50. The van der Waals surface area contributed by atoms with Crippen LogP contribution in [-0.4, -0.2) is 44.3 Å². The average Bonchev–Trinajstić information content (AvgIpc) is 3.12. The maximum Gasteiger partial charge on any atom is 0.130 e. The predicted molar refractivity (Wildman–Crippen MR) is 87.2 cm³/mol. The van der Waals surface area contributed by atoms with Gasteiger partial charge in [0, 0.05) is 32.0 Å². The summed E-state index contributed by atoms with van der Waals surface area (Å²) in [6.45, 7) is 3.23. The highest BCUT2D eigenvalue weighted by atomic mass is 16.5. The number of hydrogen-bond donors (Lipinski definition) is 3. The van der Waals surface area contributed by atoms with E-state index in [9.17, 15) is 5.11 Å². The fourth-order valence-corrected chi connectivity index (χ4v) is 2.48. The van der Waals surface area contributed by atoms with Gasteiger partial charge in [-0.3, -0.25) is 9.78 Å². The summed E-state index contributed by atoms with van der Waals surface area (Å²) in [5.74, 6) is 0.734. The molecule has 2 heterocycles. The van der Waals surface area contributed by atoms with Gasteiger partial charge in [0.1, 0.15) is 18.5 Å². The van der Waals surface area contributed by atoms with Crippen LogP contribution in [0.2, 0.25) is 0 Å². The third-order valence-electron chi connectivity index (χ3n) is 3.61. The van der Waals surface area contributed by atoms with E-state index in [1.54, 1.807) is 4.68 Å². The zero-order chi connectivity index (χ0) is 16.2. The van der Waals surface area contributed by atoms with Crippen LogP contribution in [0.4, 0.5) is 0 Å². The maximum atomic E-state index is 10.0. The number of aliphatic hydroxyl groups excluding tert-OH is 1. The Morgan fingerprint density at radius 1 is 1.39 bits per heavy atom. The Morgan fingerprint density at radius 2 is 2.26 bits per heavy atom. The van der Waals surface area contributed by atoms with E-state index in [-0.39, 0.29) is 6.61 Å². The Kier molecular flexibility index (Phi) is 4.59. The van der Waals surface area contributed by atoms with E-state index in [1.807, 2.05) is 44.4 Å². The monoisotopic (exact) mass is 315 g/mol. The van der Waals surface area contributed by atoms with Crippen molar-refractivity contribution in [2.75, 3.05) is 13.2 Å². The lowest BCUT2D eigenvalue weighted by molar-refractivity contribution is 0.107. The number of ether oxygens (including phenoxy) is 1. The first-order valence-electron chi connectivity index (χ1n) is 7.57. The summed E-state index contributed by atoms with van der Waals surface area (Å²) in [6, 6.07) is 7.65. The fraction of sp³-hybridized carbons (Fsp3) is 0.375. The summed E-state index contributed by atoms with van der Waals surface area (Å²) in [6.07, 6.45) is 1.30. The molecule has 3 rings (SSSR count). The molecule has 122 valence electrons. The van der Waals surface area contributed by atoms with E-state index in [2.05, 4.69) is 20.6 Å². The second-order valence-corrected chi connectivity index (χ2v) is 5.58. The number of fused-ring (bicyclic) bond motifs is 1. The highest BCUT2D eigenvalue weighted by molar-refractivity contribution is 5.87. The van der Waals surface area contributed by atoms with E-state index in [1.165, 1.54) is 0 Å². The molecular formula is C16H21N5O2. The van der Waals surface area contributed by atoms with Gasteiger partial charge in [-0.15, -0.1) is 0 Å². The maximum absolute atomic E-state index is 10.0. The van der Waals surface area contributed by atoms with Crippen LogP contribution in [0.25, 0.3) is 10.9 Å². The number of nitrogens with zero attached hydrogens (tertiary/aromatic N) is 3. The summed E-state index contributed by atoms with van der Waals surface area (Å²) >= 11 is 0. The molecule has 23 heavy (non-hydrogen) atoms. The molecule has 0 bridgehead atoms. The van der Waals surface area contributed by atoms with Crippen LogP contribution in [0.1, 0.15) is 11.4 Å². The molecule has 0 aliphatic carbocycles. The highest BCUT2D eigenvalue weighted by Crippen LogP contribution is 2.26. The van der Waals surface area contributed by atoms with Crippen molar-refractivity contribution >= 4 is 10.9 Å². The molecule has 0 radical (unpaired) electrons. The van der Waals surface area contributed by atoms with Crippen molar-refractivity contribution in [2.24, 2.45) is 7.05 Å². The first kappa shape index (κ1) is 15.5. The van der Waals surface area contributed by atoms with Gasteiger partial charge in [0.25, 0.3) is 0 Å². The second kappa shape index (κ2) is 6.80. The van der Waals surface area contributed by atoms with E-state index in [0.717, 1.165) is 28.0 Å². The molecule has 0 amide bonds. The highest BCUT2D eigenvalue weighted by Gasteiger charge is 2.10. The van der Waals surface area contributed by atoms with Gasteiger partial charge in [-0.2, -0.15) is 10.2 Å². The third-order valence-corrected chi connectivity index (χ3v) is 3.61. The molecule has 7 nitrogen and oxygen atoms in total. The summed E-state index contributed by atoms with van der Waals surface area (Å²) in [7, 11) is 1.88. The number of aryl methyl sites for hydroxylation is 2. The molecule has 7 heteroatoms. The van der Waals surface area contributed by atoms with Gasteiger partial charge in [-0.05, 0) is 25.1 Å². The number of aromatic amines is 1. The van der Waals surface area contributed by atoms with Crippen LogP contribution in [0.3, 0.4) is 0 Å². The first-order valence-corrected chi connectivity index (χ1v) is 7.57. The van der Waals surface area contributed by atoms with Gasteiger partial charge in [0.2, 0.25) is 0 Å². The van der Waals surface area contributed by atoms with Crippen molar-refractivity contribution in [3.8, 4) is 5.75 Å². The molecule has 1 aromatic carbocycles. The molecule has 1 unspecified atom stereocenters. The van der Waals surface area contributed by atoms with Crippen molar-refractivity contribution < 1.29 is 9.84 Å². The van der Waals surface area contributed by atoms with Crippen molar-refractivity contribution in [1.29, 1.82) is 0 Å². The van der Waals surface area contributed by atoms with Crippen LogP contribution in [0.15, 0.2) is 30.5 Å². The minimum atomic E-state index is -0.596. The number of rotatable bonds is 7. The summed E-state index contributed by atoms with van der Waals surface area (Å²) in [5.41, 5.74) is 2.76. The molecule has 0 fully saturated rings. The quantitative estimate of drug-likeness (QED) is 0.608. The zero-order valence-electron chi connectivity index (χ0n) is 13.3. The number of aromatic nitrogens is 4. The molecule has 2 aromatic heterocycles. The minimum Gasteiger partial charge on any atom is -0.490 e. The van der Waals surface area contributed by atoms with Crippen LogP contribution in [0, 0.1) is 6.92 Å². The lowest BCUT2D eigenvalue weighted by Gasteiger charge is -2.13. The van der Waals surface area contributed by atoms with Gasteiger partial charge in [0.15, 0.2) is 0 Å². The number of hydrogen-bond acceptors (Lipinski definition) is 5. The third kappa shape index (κ3) is 3.69. The molecule has 0 aliphatic heterocycles. The molecular weight excluding hydrogens is 294 g/mol. The molecule has 0 saturated carbocycles. The molecule has 0 aliphatic rings. The predicted octanol–water partition coefficient (Wildman–Crippen LogP) is 1.13.